The molecule has 8 nitrogen and oxygen atoms in total. The molecule has 0 aliphatic heterocycles. The van der Waals surface area contributed by atoms with Crippen molar-refractivity contribution in [3.8, 4) is 0 Å². The Labute approximate surface area is 102 Å². The first-order valence-electron chi connectivity index (χ1n) is 4.94. The predicted molar refractivity (Wildman–Crippen MR) is 61.2 cm³/mol. The predicted octanol–water partition coefficient (Wildman–Crippen LogP) is 0.0133. The third kappa shape index (κ3) is 3.25. The average molecular weight is 253 g/mol. The summed E-state index contributed by atoms with van der Waals surface area (Å²) < 4.78 is 0. The Morgan fingerprint density at radius 3 is 2.39 bits per heavy atom. The lowest BCUT2D eigenvalue weighted by Crippen LogP contribution is -2.47. The van der Waals surface area contributed by atoms with Crippen molar-refractivity contribution < 1.29 is 19.7 Å². The molecule has 18 heavy (non-hydrogen) atoms. The zero-order chi connectivity index (χ0) is 13.7. The van der Waals surface area contributed by atoms with Gasteiger partial charge >= 0.3 is 11.9 Å². The van der Waals surface area contributed by atoms with Crippen molar-refractivity contribution in [2.75, 3.05) is 5.01 Å². The van der Waals surface area contributed by atoms with E-state index < -0.39 is 29.4 Å². The summed E-state index contributed by atoms with van der Waals surface area (Å²) >= 11 is 0. The number of anilines is 1. The zero-order valence-corrected chi connectivity index (χ0v) is 9.22. The number of nitro groups is 1. The van der Waals surface area contributed by atoms with Crippen LogP contribution in [0.3, 0.4) is 0 Å². The van der Waals surface area contributed by atoms with Crippen molar-refractivity contribution in [2.24, 2.45) is 5.73 Å². The van der Waals surface area contributed by atoms with Crippen LogP contribution in [0, 0.1) is 10.1 Å². The standard InChI is InChI=1S/C10H11N3O5/c11-8(6-9(14)15)10(16)12(13(17)18)7-4-2-1-3-5-7/h1-5,8H,6,11H2,(H,14,15)/t8-/m0/s1. The van der Waals surface area contributed by atoms with Gasteiger partial charge in [0.05, 0.1) is 6.42 Å². The van der Waals surface area contributed by atoms with E-state index >= 15 is 0 Å². The fraction of sp³-hybridized carbons (Fsp3) is 0.200. The van der Waals surface area contributed by atoms with Crippen molar-refractivity contribution in [1.29, 1.82) is 0 Å². The molecule has 0 aliphatic rings. The van der Waals surface area contributed by atoms with Gasteiger partial charge in [0.15, 0.2) is 5.03 Å². The molecule has 0 saturated heterocycles. The van der Waals surface area contributed by atoms with Crippen LogP contribution >= 0.6 is 0 Å². The Morgan fingerprint density at radius 2 is 1.94 bits per heavy atom. The van der Waals surface area contributed by atoms with Gasteiger partial charge in [-0.05, 0) is 17.1 Å². The Balaban J connectivity index is 2.97. The van der Waals surface area contributed by atoms with Crippen LogP contribution in [-0.4, -0.2) is 28.1 Å². The molecule has 3 N–H and O–H groups in total. The lowest BCUT2D eigenvalue weighted by molar-refractivity contribution is -0.484. The molecule has 0 spiro atoms. The van der Waals surface area contributed by atoms with E-state index in [1.807, 2.05) is 0 Å². The first-order chi connectivity index (χ1) is 8.43. The minimum absolute atomic E-state index is 0.0216. The van der Waals surface area contributed by atoms with Gasteiger partial charge in [-0.3, -0.25) is 9.59 Å². The van der Waals surface area contributed by atoms with Gasteiger partial charge in [-0.1, -0.05) is 18.2 Å². The molecule has 1 atom stereocenters. The van der Waals surface area contributed by atoms with Gasteiger partial charge in [0.25, 0.3) is 0 Å². The molecule has 8 heteroatoms. The van der Waals surface area contributed by atoms with Crippen LogP contribution in [0.2, 0.25) is 0 Å². The quantitative estimate of drug-likeness (QED) is 0.562. The maximum atomic E-state index is 11.7. The van der Waals surface area contributed by atoms with Crippen LogP contribution in [0.1, 0.15) is 6.42 Å². The average Bonchev–Trinajstić information content (AvgIpc) is 2.29. The minimum Gasteiger partial charge on any atom is -0.481 e. The number of carbonyl (C=O) groups excluding carboxylic acids is 1. The van der Waals surface area contributed by atoms with Crippen LogP contribution in [0.15, 0.2) is 30.3 Å². The molecule has 0 radical (unpaired) electrons. The second-order valence-corrected chi connectivity index (χ2v) is 3.43. The summed E-state index contributed by atoms with van der Waals surface area (Å²) in [6.07, 6.45) is -0.671. The number of para-hydroxylation sites is 1. The molecular formula is C10H11N3O5. The third-order valence-electron chi connectivity index (χ3n) is 2.08. The molecule has 0 aromatic heterocycles. The van der Waals surface area contributed by atoms with Crippen LogP contribution in [0.25, 0.3) is 0 Å². The van der Waals surface area contributed by atoms with Gasteiger partial charge in [0.2, 0.25) is 0 Å². The fourth-order valence-corrected chi connectivity index (χ4v) is 1.30. The van der Waals surface area contributed by atoms with Gasteiger partial charge in [-0.2, -0.15) is 0 Å². The van der Waals surface area contributed by atoms with Gasteiger partial charge in [-0.25, -0.2) is 10.1 Å². The highest BCUT2D eigenvalue weighted by atomic mass is 16.7. The van der Waals surface area contributed by atoms with Crippen molar-refractivity contribution in [3.05, 3.63) is 40.4 Å². The summed E-state index contributed by atoms with van der Waals surface area (Å²) in [7, 11) is 0. The number of hydrazine groups is 1. The van der Waals surface area contributed by atoms with Crippen LogP contribution < -0.4 is 10.7 Å². The number of benzene rings is 1. The number of carbonyl (C=O) groups is 2. The van der Waals surface area contributed by atoms with E-state index in [9.17, 15) is 19.7 Å². The molecule has 1 amide bonds. The molecule has 1 rings (SSSR count). The topological polar surface area (TPSA) is 127 Å². The Bertz CT molecular complexity index is 462. The highest BCUT2D eigenvalue weighted by Crippen LogP contribution is 2.14. The normalized spacial score (nSPS) is 11.6. The van der Waals surface area contributed by atoms with Crippen LogP contribution in [-0.2, 0) is 9.59 Å². The second kappa shape index (κ2) is 5.73. The van der Waals surface area contributed by atoms with E-state index in [1.54, 1.807) is 6.07 Å². The number of hydrogen-bond donors (Lipinski definition) is 2. The first kappa shape index (κ1) is 13.6. The number of carboxylic acids is 1. The van der Waals surface area contributed by atoms with Crippen LogP contribution in [0.4, 0.5) is 5.69 Å². The number of nitrogens with two attached hydrogens (primary N) is 1. The molecule has 0 saturated carbocycles. The Morgan fingerprint density at radius 1 is 1.39 bits per heavy atom. The molecule has 1 aromatic carbocycles. The van der Waals surface area contributed by atoms with E-state index in [4.69, 9.17) is 10.8 Å². The Kier molecular flexibility index (Phi) is 4.33. The van der Waals surface area contributed by atoms with E-state index in [0.29, 0.717) is 0 Å². The molecule has 0 heterocycles. The lowest BCUT2D eigenvalue weighted by atomic mass is 10.2. The fourth-order valence-electron chi connectivity index (χ4n) is 1.30. The summed E-state index contributed by atoms with van der Waals surface area (Å²) in [5.41, 5.74) is 5.34. The SMILES string of the molecule is N[C@@H](CC(=O)O)C(=O)N(c1ccccc1)[N+](=O)[O-]. The summed E-state index contributed by atoms with van der Waals surface area (Å²) in [6.45, 7) is 0. The Hall–Kier alpha value is -2.48. The summed E-state index contributed by atoms with van der Waals surface area (Å²) in [6, 6.07) is 5.91. The largest absolute Gasteiger partial charge is 0.481 e. The van der Waals surface area contributed by atoms with Crippen molar-refractivity contribution in [2.45, 2.75) is 12.5 Å². The first-order valence-corrected chi connectivity index (χ1v) is 4.94. The van der Waals surface area contributed by atoms with E-state index in [2.05, 4.69) is 0 Å². The molecule has 96 valence electrons. The van der Waals surface area contributed by atoms with Crippen molar-refractivity contribution in [3.63, 3.8) is 0 Å². The maximum absolute atomic E-state index is 11.7. The maximum Gasteiger partial charge on any atom is 0.306 e. The molecule has 0 fully saturated rings. The highest BCUT2D eigenvalue weighted by Gasteiger charge is 2.32. The lowest BCUT2D eigenvalue weighted by Gasteiger charge is -2.15. The summed E-state index contributed by atoms with van der Waals surface area (Å²) in [4.78, 5) is 33.0. The van der Waals surface area contributed by atoms with E-state index in [1.165, 1.54) is 24.3 Å². The zero-order valence-electron chi connectivity index (χ0n) is 9.22. The number of hydrogen-bond acceptors (Lipinski definition) is 5. The van der Waals surface area contributed by atoms with Gasteiger partial charge < -0.3 is 10.8 Å². The smallest absolute Gasteiger partial charge is 0.306 e. The number of rotatable bonds is 5. The molecule has 0 unspecified atom stereocenters. The third-order valence-corrected chi connectivity index (χ3v) is 2.08. The number of aliphatic carboxylic acids is 1. The highest BCUT2D eigenvalue weighted by molar-refractivity contribution is 5.96. The van der Waals surface area contributed by atoms with Gasteiger partial charge in [-0.15, -0.1) is 0 Å². The number of nitrogens with zero attached hydrogens (tertiary/aromatic N) is 2. The molecule has 1 aromatic rings. The number of amides is 1. The minimum atomic E-state index is -1.46. The molecule has 0 bridgehead atoms. The van der Waals surface area contributed by atoms with Crippen molar-refractivity contribution in [1.82, 2.24) is 0 Å². The molecule has 0 aliphatic carbocycles. The van der Waals surface area contributed by atoms with Gasteiger partial charge in [0, 0.05) is 0 Å². The monoisotopic (exact) mass is 253 g/mol. The summed E-state index contributed by atoms with van der Waals surface area (Å²) in [5, 5.41) is 18.7. The van der Waals surface area contributed by atoms with Crippen molar-refractivity contribution >= 4 is 17.6 Å². The summed E-state index contributed by atoms with van der Waals surface area (Å²) in [5.74, 6) is -2.37. The van der Waals surface area contributed by atoms with E-state index in [-0.39, 0.29) is 10.7 Å². The molecular weight excluding hydrogens is 242 g/mol. The van der Waals surface area contributed by atoms with E-state index in [0.717, 1.165) is 0 Å². The second-order valence-electron chi connectivity index (χ2n) is 3.43. The van der Waals surface area contributed by atoms with Gasteiger partial charge in [0.1, 0.15) is 11.7 Å². The number of carboxylic acid groups (broad SMARTS) is 1. The van der Waals surface area contributed by atoms with Crippen LogP contribution in [0.5, 0.6) is 0 Å².